The summed E-state index contributed by atoms with van der Waals surface area (Å²) in [6.45, 7) is 1.84. The zero-order valence-electron chi connectivity index (χ0n) is 17.7. The second-order valence-corrected chi connectivity index (χ2v) is 8.93. The van der Waals surface area contributed by atoms with Crippen molar-refractivity contribution in [3.63, 3.8) is 0 Å². The highest BCUT2D eigenvalue weighted by Crippen LogP contribution is 2.45. The van der Waals surface area contributed by atoms with E-state index in [1.165, 1.54) is 16.1 Å². The lowest BCUT2D eigenvalue weighted by molar-refractivity contribution is -0.145. The number of hydrogen-bond acceptors (Lipinski definition) is 5. The second kappa shape index (κ2) is 8.46. The average Bonchev–Trinajstić information content (AvgIpc) is 3.50. The summed E-state index contributed by atoms with van der Waals surface area (Å²) in [5.41, 5.74) is -0.150. The van der Waals surface area contributed by atoms with Gasteiger partial charge in [-0.1, -0.05) is 47.8 Å². The molecule has 2 heterocycles. The van der Waals surface area contributed by atoms with E-state index in [2.05, 4.69) is 5.16 Å². The van der Waals surface area contributed by atoms with Gasteiger partial charge in [-0.2, -0.15) is 0 Å². The summed E-state index contributed by atoms with van der Waals surface area (Å²) in [5.74, 6) is -0.796. The summed E-state index contributed by atoms with van der Waals surface area (Å²) >= 11 is 6.49. The molecule has 2 fully saturated rings. The van der Waals surface area contributed by atoms with Crippen molar-refractivity contribution >= 4 is 29.3 Å². The number of amides is 3. The van der Waals surface area contributed by atoms with Crippen LogP contribution < -0.4 is 0 Å². The molecule has 0 unspecified atom stereocenters. The van der Waals surface area contributed by atoms with Gasteiger partial charge in [0.25, 0.3) is 0 Å². The molecule has 0 radical (unpaired) electrons. The molecule has 1 aliphatic carbocycles. The SMILES string of the molecule is C[C@@H](c1ccon1)N(C)C(=O)C[C@@]1(c2ccccc2Cl)CC(=O)N(C2CCCC2)C1=O. The van der Waals surface area contributed by atoms with Crippen molar-refractivity contribution in [3.8, 4) is 0 Å². The minimum absolute atomic E-state index is 0.0516. The highest BCUT2D eigenvalue weighted by atomic mass is 35.5. The van der Waals surface area contributed by atoms with Gasteiger partial charge in [-0.15, -0.1) is 0 Å². The fraction of sp³-hybridized carbons (Fsp3) is 0.478. The summed E-state index contributed by atoms with van der Waals surface area (Å²) < 4.78 is 4.90. The van der Waals surface area contributed by atoms with E-state index in [1.54, 1.807) is 37.4 Å². The van der Waals surface area contributed by atoms with Crippen LogP contribution in [0.4, 0.5) is 0 Å². The Morgan fingerprint density at radius 1 is 1.29 bits per heavy atom. The summed E-state index contributed by atoms with van der Waals surface area (Å²) in [6.07, 6.45) is 4.89. The normalized spacial score (nSPS) is 22.9. The van der Waals surface area contributed by atoms with Crippen molar-refractivity contribution in [1.82, 2.24) is 15.0 Å². The van der Waals surface area contributed by atoms with E-state index in [-0.39, 0.29) is 42.6 Å². The van der Waals surface area contributed by atoms with E-state index in [0.717, 1.165) is 25.7 Å². The molecule has 1 aromatic carbocycles. The molecule has 3 amide bonds. The molecule has 164 valence electrons. The number of hydrogen-bond donors (Lipinski definition) is 0. The Hall–Kier alpha value is -2.67. The predicted molar refractivity (Wildman–Crippen MR) is 114 cm³/mol. The first kappa shape index (κ1) is 21.6. The molecule has 2 aliphatic rings. The van der Waals surface area contributed by atoms with Crippen molar-refractivity contribution in [1.29, 1.82) is 0 Å². The monoisotopic (exact) mass is 443 g/mol. The Bertz CT molecular complexity index is 986. The minimum Gasteiger partial charge on any atom is -0.364 e. The summed E-state index contributed by atoms with van der Waals surface area (Å²) in [5, 5.41) is 4.30. The third-order valence-corrected chi connectivity index (χ3v) is 7.07. The fourth-order valence-electron chi connectivity index (χ4n) is 4.82. The molecular weight excluding hydrogens is 418 g/mol. The van der Waals surface area contributed by atoms with Crippen LogP contribution in [0.3, 0.4) is 0 Å². The third-order valence-electron chi connectivity index (χ3n) is 6.74. The number of halogens is 1. The third kappa shape index (κ3) is 3.76. The topological polar surface area (TPSA) is 83.7 Å². The quantitative estimate of drug-likeness (QED) is 0.632. The smallest absolute Gasteiger partial charge is 0.241 e. The first-order valence-corrected chi connectivity index (χ1v) is 11.0. The zero-order valence-corrected chi connectivity index (χ0v) is 18.5. The number of aromatic nitrogens is 1. The molecular formula is C23H26ClN3O4. The van der Waals surface area contributed by atoms with E-state index in [1.807, 2.05) is 6.92 Å². The van der Waals surface area contributed by atoms with Gasteiger partial charge in [-0.05, 0) is 31.4 Å². The van der Waals surface area contributed by atoms with Gasteiger partial charge in [0.05, 0.1) is 11.5 Å². The van der Waals surface area contributed by atoms with Gasteiger partial charge in [0, 0.05) is 37.0 Å². The number of likely N-dealkylation sites (tertiary alicyclic amines) is 1. The molecule has 1 saturated heterocycles. The number of nitrogens with zero attached hydrogens (tertiary/aromatic N) is 3. The zero-order chi connectivity index (χ0) is 22.2. The number of carbonyl (C=O) groups is 3. The Kier molecular flexibility index (Phi) is 5.88. The van der Waals surface area contributed by atoms with E-state index < -0.39 is 5.41 Å². The minimum atomic E-state index is -1.30. The predicted octanol–water partition coefficient (Wildman–Crippen LogP) is 3.88. The standard InChI is InChI=1S/C23H26ClN3O4/c1-15(19-11-12-31-25-19)26(2)20(28)13-23(17-9-5-6-10-18(17)24)14-21(29)27(22(23)30)16-7-3-4-8-16/h5-6,9-12,15-16H,3-4,7-8,13-14H2,1-2H3/t15-,23-/m0/s1. The van der Waals surface area contributed by atoms with E-state index in [0.29, 0.717) is 16.3 Å². The van der Waals surface area contributed by atoms with Crippen molar-refractivity contribution in [3.05, 3.63) is 52.9 Å². The maximum Gasteiger partial charge on any atom is 0.241 e. The van der Waals surface area contributed by atoms with Crippen LogP contribution in [-0.2, 0) is 19.8 Å². The van der Waals surface area contributed by atoms with Crippen molar-refractivity contribution in [2.75, 3.05) is 7.05 Å². The lowest BCUT2D eigenvalue weighted by Gasteiger charge is -2.32. The number of imide groups is 1. The molecule has 8 heteroatoms. The summed E-state index contributed by atoms with van der Waals surface area (Å²) in [6, 6.07) is 8.27. The van der Waals surface area contributed by atoms with Crippen LogP contribution in [0, 0.1) is 0 Å². The van der Waals surface area contributed by atoms with Crippen molar-refractivity contribution < 1.29 is 18.9 Å². The molecule has 0 N–H and O–H groups in total. The number of carbonyl (C=O) groups excluding carboxylic acids is 3. The Labute approximate surface area is 186 Å². The van der Waals surface area contributed by atoms with Gasteiger partial charge in [0.2, 0.25) is 17.7 Å². The molecule has 2 atom stereocenters. The Balaban J connectivity index is 1.69. The molecule has 1 saturated carbocycles. The van der Waals surface area contributed by atoms with Gasteiger partial charge >= 0.3 is 0 Å². The lowest BCUT2D eigenvalue weighted by atomic mass is 9.75. The largest absolute Gasteiger partial charge is 0.364 e. The summed E-state index contributed by atoms with van der Waals surface area (Å²) in [4.78, 5) is 43.1. The van der Waals surface area contributed by atoms with Crippen LogP contribution in [0.15, 0.2) is 41.1 Å². The van der Waals surface area contributed by atoms with Gasteiger partial charge in [0.1, 0.15) is 12.0 Å². The highest BCUT2D eigenvalue weighted by Gasteiger charge is 2.56. The molecule has 4 rings (SSSR count). The van der Waals surface area contributed by atoms with Crippen LogP contribution in [0.25, 0.3) is 0 Å². The van der Waals surface area contributed by atoms with Crippen LogP contribution in [-0.4, -0.2) is 45.8 Å². The van der Waals surface area contributed by atoms with Crippen LogP contribution in [0.1, 0.15) is 62.7 Å². The van der Waals surface area contributed by atoms with Crippen LogP contribution in [0.2, 0.25) is 5.02 Å². The second-order valence-electron chi connectivity index (χ2n) is 8.53. The maximum atomic E-state index is 13.8. The molecule has 0 spiro atoms. The molecule has 0 bridgehead atoms. The Morgan fingerprint density at radius 2 is 2.00 bits per heavy atom. The molecule has 1 aliphatic heterocycles. The summed E-state index contributed by atoms with van der Waals surface area (Å²) in [7, 11) is 1.66. The lowest BCUT2D eigenvalue weighted by Crippen LogP contribution is -2.45. The van der Waals surface area contributed by atoms with Gasteiger partial charge in [-0.3, -0.25) is 19.3 Å². The van der Waals surface area contributed by atoms with Gasteiger partial charge in [0.15, 0.2) is 0 Å². The average molecular weight is 444 g/mol. The van der Waals surface area contributed by atoms with E-state index >= 15 is 0 Å². The van der Waals surface area contributed by atoms with E-state index in [9.17, 15) is 14.4 Å². The van der Waals surface area contributed by atoms with Crippen molar-refractivity contribution in [2.45, 2.75) is 62.9 Å². The molecule has 2 aromatic rings. The van der Waals surface area contributed by atoms with Crippen molar-refractivity contribution in [2.24, 2.45) is 0 Å². The maximum absolute atomic E-state index is 13.8. The van der Waals surface area contributed by atoms with Crippen LogP contribution in [0.5, 0.6) is 0 Å². The number of benzene rings is 1. The number of rotatable bonds is 6. The highest BCUT2D eigenvalue weighted by molar-refractivity contribution is 6.32. The fourth-order valence-corrected chi connectivity index (χ4v) is 5.14. The van der Waals surface area contributed by atoms with E-state index in [4.69, 9.17) is 16.1 Å². The van der Waals surface area contributed by atoms with Gasteiger partial charge in [-0.25, -0.2) is 0 Å². The van der Waals surface area contributed by atoms with Gasteiger partial charge < -0.3 is 9.42 Å². The first-order chi connectivity index (χ1) is 14.8. The first-order valence-electron chi connectivity index (χ1n) is 10.6. The molecule has 7 nitrogen and oxygen atoms in total. The van der Waals surface area contributed by atoms with Crippen LogP contribution >= 0.6 is 11.6 Å². The molecule has 31 heavy (non-hydrogen) atoms. The Morgan fingerprint density at radius 3 is 2.65 bits per heavy atom. The molecule has 1 aromatic heterocycles.